The van der Waals surface area contributed by atoms with E-state index < -0.39 is 0 Å². The summed E-state index contributed by atoms with van der Waals surface area (Å²) in [6.45, 7) is 4.86. The van der Waals surface area contributed by atoms with Crippen LogP contribution in [0.5, 0.6) is 0 Å². The van der Waals surface area contributed by atoms with Crippen molar-refractivity contribution in [1.82, 2.24) is 15.3 Å². The van der Waals surface area contributed by atoms with Gasteiger partial charge in [0.1, 0.15) is 5.82 Å². The quantitative estimate of drug-likeness (QED) is 0.711. The van der Waals surface area contributed by atoms with E-state index in [1.165, 1.54) is 0 Å². The number of nitrogens with one attached hydrogen (secondary N) is 1. The number of methoxy groups -OCH3 is 2. The van der Waals surface area contributed by atoms with Gasteiger partial charge < -0.3 is 19.7 Å². The van der Waals surface area contributed by atoms with Gasteiger partial charge in [0.15, 0.2) is 0 Å². The van der Waals surface area contributed by atoms with Gasteiger partial charge in [0.05, 0.1) is 31.1 Å². The van der Waals surface area contributed by atoms with Crippen LogP contribution in [0.25, 0.3) is 0 Å². The Labute approximate surface area is 115 Å². The fourth-order valence-corrected chi connectivity index (χ4v) is 1.88. The first-order valence-corrected chi connectivity index (χ1v) is 6.43. The van der Waals surface area contributed by atoms with Crippen LogP contribution in [0.3, 0.4) is 0 Å². The second-order valence-electron chi connectivity index (χ2n) is 4.39. The molecule has 0 aliphatic heterocycles. The maximum Gasteiger partial charge on any atom is 0.147 e. The van der Waals surface area contributed by atoms with Gasteiger partial charge in [0.2, 0.25) is 0 Å². The molecule has 1 atom stereocenters. The predicted molar refractivity (Wildman–Crippen MR) is 75.4 cm³/mol. The fourth-order valence-electron chi connectivity index (χ4n) is 1.88. The molecule has 0 saturated carbocycles. The molecule has 1 aromatic heterocycles. The molecule has 0 bridgehead atoms. The van der Waals surface area contributed by atoms with Crippen molar-refractivity contribution in [3.05, 3.63) is 18.1 Å². The van der Waals surface area contributed by atoms with E-state index in [0.717, 1.165) is 18.1 Å². The van der Waals surface area contributed by atoms with E-state index in [-0.39, 0.29) is 6.04 Å². The van der Waals surface area contributed by atoms with Gasteiger partial charge in [-0.25, -0.2) is 4.98 Å². The van der Waals surface area contributed by atoms with Crippen LogP contribution in [0, 0.1) is 0 Å². The molecule has 0 radical (unpaired) electrons. The summed E-state index contributed by atoms with van der Waals surface area (Å²) in [6.07, 6.45) is 3.55. The standard InChI is InChI=1S/C13H24N4O2/c1-11(10-19-4)17(5-6-18-3)13-9-15-8-12(16-13)7-14-2/h8-9,11,14H,5-7,10H2,1-4H3. The van der Waals surface area contributed by atoms with Crippen LogP contribution in [0.2, 0.25) is 0 Å². The Balaban J connectivity index is 2.85. The molecule has 0 aliphatic carbocycles. The molecule has 1 N–H and O–H groups in total. The number of ether oxygens (including phenoxy) is 2. The number of rotatable bonds is 9. The summed E-state index contributed by atoms with van der Waals surface area (Å²) in [5.74, 6) is 0.856. The van der Waals surface area contributed by atoms with Crippen molar-refractivity contribution in [1.29, 1.82) is 0 Å². The first-order valence-electron chi connectivity index (χ1n) is 6.43. The molecule has 6 heteroatoms. The molecule has 0 aromatic carbocycles. The summed E-state index contributed by atoms with van der Waals surface area (Å²) in [7, 11) is 5.29. The maximum absolute atomic E-state index is 5.22. The largest absolute Gasteiger partial charge is 0.383 e. The van der Waals surface area contributed by atoms with Crippen molar-refractivity contribution in [2.75, 3.05) is 45.9 Å². The van der Waals surface area contributed by atoms with E-state index in [1.807, 2.05) is 7.05 Å². The molecule has 0 aliphatic rings. The third-order valence-corrected chi connectivity index (χ3v) is 2.80. The van der Waals surface area contributed by atoms with Crippen molar-refractivity contribution in [3.8, 4) is 0 Å². The zero-order chi connectivity index (χ0) is 14.1. The number of aromatic nitrogens is 2. The van der Waals surface area contributed by atoms with Crippen LogP contribution in [0.15, 0.2) is 12.4 Å². The molecule has 1 aromatic rings. The zero-order valence-electron chi connectivity index (χ0n) is 12.2. The number of anilines is 1. The van der Waals surface area contributed by atoms with Gasteiger partial charge in [0, 0.05) is 33.5 Å². The predicted octanol–water partition coefficient (Wildman–Crippen LogP) is 0.684. The summed E-state index contributed by atoms with van der Waals surface area (Å²) in [6, 6.07) is 0.222. The Bertz CT molecular complexity index is 362. The van der Waals surface area contributed by atoms with Crippen LogP contribution < -0.4 is 10.2 Å². The lowest BCUT2D eigenvalue weighted by molar-refractivity contribution is 0.170. The van der Waals surface area contributed by atoms with Gasteiger partial charge in [-0.15, -0.1) is 0 Å². The molecule has 6 nitrogen and oxygen atoms in total. The third-order valence-electron chi connectivity index (χ3n) is 2.80. The second kappa shape index (κ2) is 8.79. The van der Waals surface area contributed by atoms with Crippen molar-refractivity contribution < 1.29 is 9.47 Å². The van der Waals surface area contributed by atoms with E-state index in [1.54, 1.807) is 26.6 Å². The lowest BCUT2D eigenvalue weighted by Crippen LogP contribution is -2.39. The number of hydrogen-bond donors (Lipinski definition) is 1. The monoisotopic (exact) mass is 268 g/mol. The summed E-state index contributed by atoms with van der Waals surface area (Å²) in [5, 5.41) is 3.08. The van der Waals surface area contributed by atoms with Crippen LogP contribution >= 0.6 is 0 Å². The summed E-state index contributed by atoms with van der Waals surface area (Å²) >= 11 is 0. The average molecular weight is 268 g/mol. The van der Waals surface area contributed by atoms with Gasteiger partial charge in [-0.1, -0.05) is 0 Å². The minimum Gasteiger partial charge on any atom is -0.383 e. The van der Waals surface area contributed by atoms with Gasteiger partial charge in [-0.05, 0) is 14.0 Å². The second-order valence-corrected chi connectivity index (χ2v) is 4.39. The summed E-state index contributed by atoms with van der Waals surface area (Å²) < 4.78 is 10.4. The normalized spacial score (nSPS) is 12.4. The summed E-state index contributed by atoms with van der Waals surface area (Å²) in [5.41, 5.74) is 0.923. The highest BCUT2D eigenvalue weighted by Gasteiger charge is 2.16. The SMILES string of the molecule is CNCc1cncc(N(CCOC)C(C)COC)n1. The van der Waals surface area contributed by atoms with Crippen LogP contribution in [-0.2, 0) is 16.0 Å². The Morgan fingerprint density at radius 1 is 1.32 bits per heavy atom. The topological polar surface area (TPSA) is 59.5 Å². The van der Waals surface area contributed by atoms with Gasteiger partial charge >= 0.3 is 0 Å². The fraction of sp³-hybridized carbons (Fsp3) is 0.692. The molecule has 0 saturated heterocycles. The van der Waals surface area contributed by atoms with E-state index in [9.17, 15) is 0 Å². The van der Waals surface area contributed by atoms with Crippen molar-refractivity contribution in [3.63, 3.8) is 0 Å². The molecule has 1 unspecified atom stereocenters. The van der Waals surface area contributed by atoms with Crippen molar-refractivity contribution in [2.45, 2.75) is 19.5 Å². The summed E-state index contributed by atoms with van der Waals surface area (Å²) in [4.78, 5) is 11.0. The van der Waals surface area contributed by atoms with Crippen molar-refractivity contribution >= 4 is 5.82 Å². The van der Waals surface area contributed by atoms with Crippen LogP contribution in [0.1, 0.15) is 12.6 Å². The maximum atomic E-state index is 5.22. The molecule has 0 fully saturated rings. The number of nitrogens with zero attached hydrogens (tertiary/aromatic N) is 3. The third kappa shape index (κ3) is 5.10. The molecular formula is C13H24N4O2. The first kappa shape index (κ1) is 15.8. The Kier molecular flexibility index (Phi) is 7.32. The zero-order valence-corrected chi connectivity index (χ0v) is 12.2. The highest BCUT2D eigenvalue weighted by atomic mass is 16.5. The first-order chi connectivity index (χ1) is 9.22. The molecule has 108 valence electrons. The van der Waals surface area contributed by atoms with E-state index in [2.05, 4.69) is 27.1 Å². The Morgan fingerprint density at radius 2 is 2.11 bits per heavy atom. The van der Waals surface area contributed by atoms with Gasteiger partial charge in [0.25, 0.3) is 0 Å². The van der Waals surface area contributed by atoms with Crippen LogP contribution in [-0.4, -0.2) is 57.0 Å². The molecule has 19 heavy (non-hydrogen) atoms. The minimum atomic E-state index is 0.222. The number of hydrogen-bond acceptors (Lipinski definition) is 6. The van der Waals surface area contributed by atoms with E-state index in [4.69, 9.17) is 9.47 Å². The van der Waals surface area contributed by atoms with E-state index in [0.29, 0.717) is 19.8 Å². The molecular weight excluding hydrogens is 244 g/mol. The Morgan fingerprint density at radius 3 is 2.74 bits per heavy atom. The Hall–Kier alpha value is -1.24. The lowest BCUT2D eigenvalue weighted by atomic mass is 10.3. The average Bonchev–Trinajstić information content (AvgIpc) is 2.40. The molecule has 0 amide bonds. The molecule has 0 spiro atoms. The smallest absolute Gasteiger partial charge is 0.147 e. The highest BCUT2D eigenvalue weighted by molar-refractivity contribution is 5.37. The van der Waals surface area contributed by atoms with Crippen LogP contribution in [0.4, 0.5) is 5.82 Å². The lowest BCUT2D eigenvalue weighted by Gasteiger charge is -2.29. The van der Waals surface area contributed by atoms with Gasteiger partial charge in [-0.3, -0.25) is 4.98 Å². The van der Waals surface area contributed by atoms with Crippen molar-refractivity contribution in [2.24, 2.45) is 0 Å². The minimum absolute atomic E-state index is 0.222. The highest BCUT2D eigenvalue weighted by Crippen LogP contribution is 2.13. The van der Waals surface area contributed by atoms with E-state index >= 15 is 0 Å². The molecule has 1 rings (SSSR count). The molecule has 1 heterocycles. The van der Waals surface area contributed by atoms with Gasteiger partial charge in [-0.2, -0.15) is 0 Å².